The molecule has 0 N–H and O–H groups in total. The second-order valence-electron chi connectivity index (χ2n) is 4.72. The third-order valence-corrected chi connectivity index (χ3v) is 5.20. The Morgan fingerprint density at radius 2 is 1.45 bits per heavy atom. The van der Waals surface area contributed by atoms with Crippen molar-refractivity contribution in [2.45, 2.75) is 51.6 Å². The van der Waals surface area contributed by atoms with Crippen molar-refractivity contribution in [3.05, 3.63) is 0 Å². The van der Waals surface area contributed by atoms with Gasteiger partial charge in [0.2, 0.25) is 0 Å². The highest BCUT2D eigenvalue weighted by molar-refractivity contribution is 7.55. The van der Waals surface area contributed by atoms with Gasteiger partial charge in [-0.15, -0.1) is 0 Å². The summed E-state index contributed by atoms with van der Waals surface area (Å²) in [5, 5.41) is 0. The lowest BCUT2D eigenvalue weighted by atomic mass is 10.3. The highest BCUT2D eigenvalue weighted by Gasteiger charge is 2.43. The minimum atomic E-state index is -3.76. The van der Waals surface area contributed by atoms with Gasteiger partial charge in [-0.25, -0.2) is 0 Å². The molecule has 0 amide bonds. The van der Waals surface area contributed by atoms with Crippen LogP contribution in [0.2, 0.25) is 0 Å². The van der Waals surface area contributed by atoms with E-state index in [1.165, 1.54) is 14.2 Å². The lowest BCUT2D eigenvalue weighted by Crippen LogP contribution is -2.29. The standard InChI is InChI=1S/C14H27O7P/c1-5-7-9-20-13(15)11-12(22(17,18-3)19-4)14(16)21-10-8-6-2/h12H,5-11H2,1-4H3. The summed E-state index contributed by atoms with van der Waals surface area (Å²) in [5.74, 6) is -1.40. The van der Waals surface area contributed by atoms with Crippen LogP contribution < -0.4 is 0 Å². The van der Waals surface area contributed by atoms with Crippen LogP contribution in [0.15, 0.2) is 0 Å². The van der Waals surface area contributed by atoms with Gasteiger partial charge < -0.3 is 18.5 Å². The highest BCUT2D eigenvalue weighted by Crippen LogP contribution is 2.53. The lowest BCUT2D eigenvalue weighted by molar-refractivity contribution is -0.150. The summed E-state index contributed by atoms with van der Waals surface area (Å²) in [6.07, 6.45) is 2.74. The van der Waals surface area contributed by atoms with E-state index in [0.29, 0.717) is 6.42 Å². The van der Waals surface area contributed by atoms with Gasteiger partial charge in [-0.2, -0.15) is 0 Å². The summed E-state index contributed by atoms with van der Waals surface area (Å²) in [7, 11) is -1.43. The average Bonchev–Trinajstić information content (AvgIpc) is 2.52. The quantitative estimate of drug-likeness (QED) is 0.307. The molecule has 22 heavy (non-hydrogen) atoms. The van der Waals surface area contributed by atoms with Gasteiger partial charge in [0.1, 0.15) is 0 Å². The largest absolute Gasteiger partial charge is 0.466 e. The minimum absolute atomic E-state index is 0.199. The topological polar surface area (TPSA) is 88.1 Å². The number of rotatable bonds is 12. The van der Waals surface area contributed by atoms with Gasteiger partial charge >= 0.3 is 19.5 Å². The lowest BCUT2D eigenvalue weighted by Gasteiger charge is -2.22. The van der Waals surface area contributed by atoms with Crippen LogP contribution in [0.25, 0.3) is 0 Å². The zero-order valence-electron chi connectivity index (χ0n) is 13.8. The molecule has 8 heteroatoms. The first-order chi connectivity index (χ1) is 10.4. The molecule has 0 aliphatic heterocycles. The molecule has 0 aromatic carbocycles. The maximum atomic E-state index is 12.4. The monoisotopic (exact) mass is 338 g/mol. The number of carbonyl (C=O) groups is 2. The Bertz CT molecular complexity index is 375. The van der Waals surface area contributed by atoms with Crippen molar-refractivity contribution < 1.29 is 32.7 Å². The fourth-order valence-electron chi connectivity index (χ4n) is 1.61. The van der Waals surface area contributed by atoms with E-state index in [9.17, 15) is 14.2 Å². The summed E-state index contributed by atoms with van der Waals surface area (Å²) in [4.78, 5) is 23.9. The third kappa shape index (κ3) is 7.38. The highest BCUT2D eigenvalue weighted by atomic mass is 31.2. The molecule has 0 spiro atoms. The fraction of sp³-hybridized carbons (Fsp3) is 0.857. The number of carbonyl (C=O) groups excluding carboxylic acids is 2. The molecule has 0 heterocycles. The van der Waals surface area contributed by atoms with Crippen LogP contribution in [0.5, 0.6) is 0 Å². The molecule has 0 saturated carbocycles. The molecule has 0 fully saturated rings. The smallest absolute Gasteiger partial charge is 0.344 e. The Kier molecular flexibility index (Phi) is 11.1. The van der Waals surface area contributed by atoms with Crippen LogP contribution in [0, 0.1) is 0 Å². The minimum Gasteiger partial charge on any atom is -0.466 e. The molecule has 0 saturated heterocycles. The van der Waals surface area contributed by atoms with Gasteiger partial charge in [0.25, 0.3) is 0 Å². The predicted molar refractivity (Wildman–Crippen MR) is 81.8 cm³/mol. The van der Waals surface area contributed by atoms with Crippen LogP contribution in [-0.4, -0.2) is 45.0 Å². The first-order valence-corrected chi connectivity index (χ1v) is 9.09. The molecule has 0 bridgehead atoms. The van der Waals surface area contributed by atoms with Crippen molar-refractivity contribution in [2.75, 3.05) is 27.4 Å². The van der Waals surface area contributed by atoms with Crippen LogP contribution in [-0.2, 0) is 32.7 Å². The summed E-state index contributed by atoms with van der Waals surface area (Å²) in [6.45, 7) is 4.37. The Balaban J connectivity index is 4.82. The molecule has 1 atom stereocenters. The molecule has 0 aliphatic rings. The molecule has 0 radical (unpaired) electrons. The summed E-state index contributed by atoms with van der Waals surface area (Å²) < 4.78 is 32.1. The van der Waals surface area contributed by atoms with E-state index in [1.54, 1.807) is 0 Å². The van der Waals surface area contributed by atoms with E-state index < -0.39 is 31.6 Å². The molecule has 0 rings (SSSR count). The molecule has 7 nitrogen and oxygen atoms in total. The van der Waals surface area contributed by atoms with Crippen LogP contribution >= 0.6 is 7.60 Å². The first-order valence-electron chi connectivity index (χ1n) is 7.48. The molecular formula is C14H27O7P. The molecular weight excluding hydrogens is 311 g/mol. The number of esters is 2. The third-order valence-electron chi connectivity index (χ3n) is 3.03. The van der Waals surface area contributed by atoms with Crippen molar-refractivity contribution in [1.82, 2.24) is 0 Å². The van der Waals surface area contributed by atoms with Crippen molar-refractivity contribution >= 4 is 19.5 Å². The zero-order valence-corrected chi connectivity index (χ0v) is 14.7. The van der Waals surface area contributed by atoms with E-state index in [1.807, 2.05) is 13.8 Å². The Morgan fingerprint density at radius 3 is 1.91 bits per heavy atom. The van der Waals surface area contributed by atoms with E-state index in [0.717, 1.165) is 19.3 Å². The number of unbranched alkanes of at least 4 members (excludes halogenated alkanes) is 2. The fourth-order valence-corrected chi connectivity index (χ4v) is 2.98. The van der Waals surface area contributed by atoms with E-state index in [-0.39, 0.29) is 13.2 Å². The molecule has 130 valence electrons. The zero-order chi connectivity index (χ0) is 17.0. The molecule has 1 unspecified atom stereocenters. The molecule has 0 aromatic heterocycles. The summed E-state index contributed by atoms with van der Waals surface area (Å²) in [5.41, 5.74) is -1.31. The van der Waals surface area contributed by atoms with Gasteiger partial charge in [-0.05, 0) is 12.8 Å². The molecule has 0 aromatic rings. The van der Waals surface area contributed by atoms with Gasteiger partial charge in [0.15, 0.2) is 5.66 Å². The summed E-state index contributed by atoms with van der Waals surface area (Å²) in [6, 6.07) is 0. The SMILES string of the molecule is CCCCOC(=O)CC(C(=O)OCCCC)P(=O)(OC)OC. The van der Waals surface area contributed by atoms with Gasteiger partial charge in [0.05, 0.1) is 19.6 Å². The second kappa shape index (κ2) is 11.6. The first kappa shape index (κ1) is 21.1. The number of ether oxygens (including phenoxy) is 2. The Labute approximate surface area is 132 Å². The van der Waals surface area contributed by atoms with Gasteiger partial charge in [0, 0.05) is 14.2 Å². The maximum Gasteiger partial charge on any atom is 0.344 e. The van der Waals surface area contributed by atoms with Crippen molar-refractivity contribution in [3.63, 3.8) is 0 Å². The number of hydrogen-bond donors (Lipinski definition) is 0. The Morgan fingerprint density at radius 1 is 0.955 bits per heavy atom. The van der Waals surface area contributed by atoms with E-state index in [2.05, 4.69) is 0 Å². The summed E-state index contributed by atoms with van der Waals surface area (Å²) >= 11 is 0. The maximum absolute atomic E-state index is 12.4. The van der Waals surface area contributed by atoms with Crippen LogP contribution in [0.1, 0.15) is 46.0 Å². The van der Waals surface area contributed by atoms with Crippen LogP contribution in [0.4, 0.5) is 0 Å². The van der Waals surface area contributed by atoms with Crippen LogP contribution in [0.3, 0.4) is 0 Å². The predicted octanol–water partition coefficient (Wildman–Crippen LogP) is 2.92. The molecule has 0 aliphatic carbocycles. The average molecular weight is 338 g/mol. The van der Waals surface area contributed by atoms with Crippen molar-refractivity contribution in [3.8, 4) is 0 Å². The Hall–Kier alpha value is -0.910. The van der Waals surface area contributed by atoms with Crippen molar-refractivity contribution in [1.29, 1.82) is 0 Å². The van der Waals surface area contributed by atoms with Crippen molar-refractivity contribution in [2.24, 2.45) is 0 Å². The van der Waals surface area contributed by atoms with Gasteiger partial charge in [-0.1, -0.05) is 26.7 Å². The normalized spacial score (nSPS) is 12.7. The van der Waals surface area contributed by atoms with Gasteiger partial charge in [-0.3, -0.25) is 14.2 Å². The number of hydrogen-bond acceptors (Lipinski definition) is 7. The second-order valence-corrected chi connectivity index (χ2v) is 7.15. The van der Waals surface area contributed by atoms with E-state index >= 15 is 0 Å². The van der Waals surface area contributed by atoms with E-state index in [4.69, 9.17) is 18.5 Å².